The minimum atomic E-state index is -2.94. The van der Waals surface area contributed by atoms with Gasteiger partial charge in [0.25, 0.3) is 0 Å². The van der Waals surface area contributed by atoms with Crippen LogP contribution < -0.4 is 0 Å². The molecule has 1 heteroatoms. The molecule has 10 heterocycles. The third-order valence-corrected chi connectivity index (χ3v) is 87.2. The van der Waals surface area contributed by atoms with E-state index in [9.17, 15) is 0 Å². The first-order valence-corrected chi connectivity index (χ1v) is 16.5. The average molecular weight is 273 g/mol. The first-order chi connectivity index (χ1) is 6.49. The van der Waals surface area contributed by atoms with Gasteiger partial charge >= 0.3 is 72.1 Å². The molecule has 0 nitrogen and oxygen atoms in total. The van der Waals surface area contributed by atoms with Gasteiger partial charge in [0.05, 0.1) is 0 Å². The second kappa shape index (κ2) is 0.318. The van der Waals surface area contributed by atoms with Gasteiger partial charge in [-0.2, -0.15) is 0 Å². The molecule has 0 aromatic carbocycles. The summed E-state index contributed by atoms with van der Waals surface area (Å²) in [5, 5.41) is 0. The Labute approximate surface area is 72.2 Å². The summed E-state index contributed by atoms with van der Waals surface area (Å²) < 4.78 is 14.7. The van der Waals surface area contributed by atoms with Gasteiger partial charge in [-0.15, -0.1) is 0 Å². The van der Waals surface area contributed by atoms with E-state index in [1.165, 1.54) is 26.1 Å². The van der Waals surface area contributed by atoms with Gasteiger partial charge in [-0.3, -0.25) is 0 Å². The van der Waals surface area contributed by atoms with Crippen LogP contribution in [0.4, 0.5) is 0 Å². The van der Waals surface area contributed by atoms with Crippen molar-refractivity contribution >= 4 is 0 Å². The fourth-order valence-corrected chi connectivity index (χ4v) is 159. The normalized spacial score (nSPS) is 148. The van der Waals surface area contributed by atoms with E-state index in [1.807, 2.05) is 0 Å². The molecule has 0 saturated carbocycles. The van der Waals surface area contributed by atoms with Gasteiger partial charge < -0.3 is 0 Å². The van der Waals surface area contributed by atoms with Crippen molar-refractivity contribution in [3.63, 3.8) is 0 Å². The zero-order chi connectivity index (χ0) is 8.64. The molecule has 8 unspecified atom stereocenters. The van der Waals surface area contributed by atoms with Crippen LogP contribution in [0.15, 0.2) is 0 Å². The van der Waals surface area contributed by atoms with Gasteiger partial charge in [-0.1, -0.05) is 0 Å². The first kappa shape index (κ1) is 4.86. The quantitative estimate of drug-likeness (QED) is 0.615. The minimum absolute atomic E-state index is 1.18. The van der Waals surface area contributed by atoms with Crippen LogP contribution in [0.1, 0.15) is 20.3 Å². The molecule has 10 fully saturated rings. The van der Waals surface area contributed by atoms with E-state index in [0.29, 0.717) is 0 Å². The Bertz CT molecular complexity index is 916. The van der Waals surface area contributed by atoms with Crippen LogP contribution in [-0.2, 0) is 7.72 Å². The monoisotopic (exact) mass is 274 g/mol. The second-order valence-electron chi connectivity index (χ2n) is 10.7. The maximum absolute atomic E-state index is 2.94. The molecule has 8 atom stereocenters. The summed E-state index contributed by atoms with van der Waals surface area (Å²) in [6.45, 7) is 5.44. The Morgan fingerprint density at radius 2 is 1.43 bits per heavy atom. The summed E-state index contributed by atoms with van der Waals surface area (Å²) in [5.41, 5.74) is 0. The van der Waals surface area contributed by atoms with E-state index >= 15 is 0 Å². The van der Waals surface area contributed by atoms with Gasteiger partial charge in [-0.05, 0) is 0 Å². The molecule has 0 radical (unpaired) electrons. The van der Waals surface area contributed by atoms with Crippen LogP contribution in [0.3, 0.4) is 0 Å². The van der Waals surface area contributed by atoms with Crippen LogP contribution in [0, 0.1) is 0 Å². The second-order valence-corrected chi connectivity index (χ2v) is 47.8. The zero-order valence-electron chi connectivity index (χ0n) is 8.68. The summed E-state index contributed by atoms with van der Waals surface area (Å²) in [5.74, 6) is 0. The Hall–Kier alpha value is 0.623. The molecule has 76 valence electrons. The van der Waals surface area contributed by atoms with Gasteiger partial charge in [-0.25, -0.2) is 0 Å². The van der Waals surface area contributed by atoms with Crippen LogP contribution in [0.5, 0.6) is 0 Å². The average Bonchev–Trinajstić information content (AvgIpc) is 3.10. The van der Waals surface area contributed by atoms with Crippen molar-refractivity contribution < 1.29 is 7.72 Å². The van der Waals surface area contributed by atoms with Crippen LogP contribution in [0.25, 0.3) is 0 Å². The first-order valence-electron chi connectivity index (χ1n) is 6.70. The molecule has 10 rings (SSSR count). The molecule has 0 amide bonds. The third-order valence-electron chi connectivity index (χ3n) is 16.4. The summed E-state index contributed by atoms with van der Waals surface area (Å²) in [6.07, 6.45) is 1.67. The SMILES string of the molecule is CC[C]12[CH]3[CH]4[CH]5[CH]1[Ru]45321678[CH]2[CH]1[CH]6[C]7(C)[CH]28. The van der Waals surface area contributed by atoms with Crippen LogP contribution in [0.2, 0.25) is 44.1 Å². The Kier molecular flexibility index (Phi) is 0.110. The van der Waals surface area contributed by atoms with Crippen molar-refractivity contribution in [2.24, 2.45) is 0 Å². The molecular weight excluding hydrogens is 257 g/mol. The summed E-state index contributed by atoms with van der Waals surface area (Å²) in [6, 6.07) is 0. The molecule has 0 aromatic rings. The number of fused-ring (bicyclic) bond motifs is 10. The molecule has 0 aliphatic carbocycles. The van der Waals surface area contributed by atoms with E-state index in [2.05, 4.69) is 13.8 Å². The van der Waals surface area contributed by atoms with Crippen LogP contribution >= 0.6 is 0 Å². The van der Waals surface area contributed by atoms with E-state index in [-0.39, 0.29) is 0 Å². The third kappa shape index (κ3) is 0.0323. The van der Waals surface area contributed by atoms with E-state index in [0.717, 1.165) is 0 Å². The van der Waals surface area contributed by atoms with Crippen molar-refractivity contribution in [3.8, 4) is 0 Å². The van der Waals surface area contributed by atoms with E-state index < -0.39 is 7.72 Å². The standard InChI is InChI=1S/C7H9.C6H7.Ru/c1-2-7-5-3-4-6-7;1-6-4-2-3-5-6;/h3-6H,2H2,1H3;2-5H,1H3;. The van der Waals surface area contributed by atoms with Gasteiger partial charge in [0.15, 0.2) is 0 Å². The zero-order valence-corrected chi connectivity index (χ0v) is 10.4. The predicted octanol–water partition coefficient (Wildman–Crippen LogP) is 4.55. The molecule has 10 aliphatic rings. The van der Waals surface area contributed by atoms with Gasteiger partial charge in [0, 0.05) is 0 Å². The molecule has 10 aliphatic heterocycles. The van der Waals surface area contributed by atoms with Crippen molar-refractivity contribution in [2.75, 3.05) is 0 Å². The fourth-order valence-electron chi connectivity index (χ4n) is 19.1. The van der Waals surface area contributed by atoms with Crippen molar-refractivity contribution in [2.45, 2.75) is 64.4 Å². The van der Waals surface area contributed by atoms with Crippen molar-refractivity contribution in [1.29, 1.82) is 0 Å². The van der Waals surface area contributed by atoms with Gasteiger partial charge in [0.1, 0.15) is 0 Å². The van der Waals surface area contributed by atoms with E-state index in [1.54, 1.807) is 24.5 Å². The molecule has 0 bridgehead atoms. The number of hydrogen-bond acceptors (Lipinski definition) is 0. The molecule has 0 N–H and O–H groups in total. The Morgan fingerprint density at radius 1 is 0.929 bits per heavy atom. The van der Waals surface area contributed by atoms with E-state index in [4.69, 9.17) is 0 Å². The topological polar surface area (TPSA) is 0 Å². The summed E-state index contributed by atoms with van der Waals surface area (Å²) >= 11 is 0. The number of hydrogen-bond donors (Lipinski definition) is 0. The molecule has 14 heavy (non-hydrogen) atoms. The maximum atomic E-state index is 2.85. The fraction of sp³-hybridized carbons (Fsp3) is 1.00. The van der Waals surface area contributed by atoms with Crippen molar-refractivity contribution in [3.05, 3.63) is 0 Å². The molecule has 0 aromatic heterocycles. The molecule has 10 saturated heterocycles. The van der Waals surface area contributed by atoms with Crippen LogP contribution in [-0.4, -0.2) is 0 Å². The van der Waals surface area contributed by atoms with Gasteiger partial charge in [0.2, 0.25) is 0 Å². The molecular formula is C13H16Ru. The Balaban J connectivity index is 2.01. The summed E-state index contributed by atoms with van der Waals surface area (Å²) in [4.78, 5) is 0. The Morgan fingerprint density at radius 3 is 1.50 bits per heavy atom. The molecule has 1 spiro atoms. The predicted molar refractivity (Wildman–Crippen MR) is 51.4 cm³/mol. The summed E-state index contributed by atoms with van der Waals surface area (Å²) in [7, 11) is -2.94. The van der Waals surface area contributed by atoms with Crippen molar-refractivity contribution in [1.82, 2.24) is 0 Å². The number of rotatable bonds is 1.